The molecule has 0 aromatic heterocycles. The van der Waals surface area contributed by atoms with Crippen molar-refractivity contribution in [2.45, 2.75) is 79.4 Å². The van der Waals surface area contributed by atoms with Crippen molar-refractivity contribution in [1.29, 1.82) is 0 Å². The standard InChI is InChI=1S/C26H25NO3.C26H25NO2.2CH4/c1-16-15-25(2,3)27-19-14-13-18-23-20(29-4)11-8-12-21(23)30-26(28,24(18)22(16)19)17-9-6-5-7-10-17;1-16-15-26(2,3)27-19-14-13-18-23-20(28-4)11-8-12-21(23)29-25(24(18)22(16)19)17-9-6-5-7-10-17;;/h5-15,27-28H,1-4H3;5-15,25,27H,1-4H3;2*1H4. The van der Waals surface area contributed by atoms with E-state index < -0.39 is 5.79 Å². The maximum atomic E-state index is 12.1. The molecule has 2 unspecified atom stereocenters. The largest absolute Gasteiger partial charge is 0.496 e. The fourth-order valence-electron chi connectivity index (χ4n) is 9.51. The first-order valence-corrected chi connectivity index (χ1v) is 20.2. The third kappa shape index (κ3) is 7.21. The minimum absolute atomic E-state index is 0. The Morgan fingerprint density at radius 1 is 0.557 bits per heavy atom. The second-order valence-corrected chi connectivity index (χ2v) is 16.9. The zero-order valence-corrected chi connectivity index (χ0v) is 34.9. The van der Waals surface area contributed by atoms with Gasteiger partial charge in [0.2, 0.25) is 0 Å². The molecule has 314 valence electrons. The van der Waals surface area contributed by atoms with Gasteiger partial charge in [0.05, 0.1) is 36.4 Å². The summed E-state index contributed by atoms with van der Waals surface area (Å²) in [6, 6.07) is 40.2. The van der Waals surface area contributed by atoms with Crippen LogP contribution in [0.25, 0.3) is 33.4 Å². The second kappa shape index (κ2) is 15.9. The van der Waals surface area contributed by atoms with Crippen LogP contribution in [-0.4, -0.2) is 30.4 Å². The van der Waals surface area contributed by atoms with Crippen LogP contribution >= 0.6 is 0 Å². The molecule has 6 aromatic carbocycles. The van der Waals surface area contributed by atoms with E-state index in [1.54, 1.807) is 14.2 Å². The molecule has 4 aliphatic rings. The Hall–Kier alpha value is -6.44. The van der Waals surface area contributed by atoms with E-state index >= 15 is 0 Å². The number of ether oxygens (including phenoxy) is 4. The van der Waals surface area contributed by atoms with Gasteiger partial charge < -0.3 is 34.7 Å². The van der Waals surface area contributed by atoms with Gasteiger partial charge in [-0.2, -0.15) is 0 Å². The molecule has 2 atom stereocenters. The number of methoxy groups -OCH3 is 2. The van der Waals surface area contributed by atoms with Crippen molar-refractivity contribution in [2.75, 3.05) is 24.9 Å². The van der Waals surface area contributed by atoms with Gasteiger partial charge in [-0.3, -0.25) is 0 Å². The predicted molar refractivity (Wildman–Crippen MR) is 252 cm³/mol. The Balaban J connectivity index is 0.000000178. The highest BCUT2D eigenvalue weighted by molar-refractivity contribution is 5.93. The SMILES string of the molecule is C.C.COc1cccc2c1-c1ccc3c(c1C(O)(c1ccccc1)O2)C(C)=CC(C)(C)N3.COc1cccc2c1-c1ccc3c(c1C(c1ccccc1)O2)C(C)=CC(C)(C)N3. The maximum absolute atomic E-state index is 12.1. The van der Waals surface area contributed by atoms with E-state index in [9.17, 15) is 5.11 Å². The third-order valence-electron chi connectivity index (χ3n) is 11.6. The summed E-state index contributed by atoms with van der Waals surface area (Å²) in [5.74, 6) is 1.38. The molecule has 7 nitrogen and oxygen atoms in total. The number of allylic oxidation sites excluding steroid dienone is 2. The number of anilines is 2. The summed E-state index contributed by atoms with van der Waals surface area (Å²) in [4.78, 5) is 0. The normalized spacial score (nSPS) is 18.9. The maximum Gasteiger partial charge on any atom is 0.263 e. The van der Waals surface area contributed by atoms with E-state index in [1.165, 1.54) is 22.3 Å². The number of fused-ring (bicyclic) bond motifs is 10. The summed E-state index contributed by atoms with van der Waals surface area (Å²) in [6.45, 7) is 12.9. The molecule has 4 aliphatic heterocycles. The Bertz CT molecular complexity index is 2680. The highest BCUT2D eigenvalue weighted by Crippen LogP contribution is 2.56. The highest BCUT2D eigenvalue weighted by atomic mass is 16.6. The van der Waals surface area contributed by atoms with Crippen molar-refractivity contribution in [2.24, 2.45) is 0 Å². The van der Waals surface area contributed by atoms with Crippen LogP contribution in [-0.2, 0) is 5.79 Å². The minimum atomic E-state index is -1.63. The summed E-state index contributed by atoms with van der Waals surface area (Å²) >= 11 is 0. The van der Waals surface area contributed by atoms with Gasteiger partial charge in [0, 0.05) is 44.8 Å². The lowest BCUT2D eigenvalue weighted by Gasteiger charge is -2.41. The monoisotopic (exact) mass is 814 g/mol. The van der Waals surface area contributed by atoms with Gasteiger partial charge in [-0.25, -0.2) is 0 Å². The lowest BCUT2D eigenvalue weighted by Crippen LogP contribution is -2.40. The first-order chi connectivity index (χ1) is 28.3. The number of nitrogens with one attached hydrogen (secondary N) is 2. The van der Waals surface area contributed by atoms with Crippen molar-refractivity contribution in [3.05, 3.63) is 167 Å². The van der Waals surface area contributed by atoms with E-state index in [2.05, 4.69) is 107 Å². The zero-order valence-electron chi connectivity index (χ0n) is 34.9. The fraction of sp³-hybridized carbons (Fsp3) is 0.259. The quantitative estimate of drug-likeness (QED) is 0.163. The summed E-state index contributed by atoms with van der Waals surface area (Å²) in [5.41, 5.74) is 14.2. The first kappa shape index (κ1) is 42.7. The van der Waals surface area contributed by atoms with E-state index in [0.29, 0.717) is 11.3 Å². The molecule has 0 spiro atoms. The molecule has 0 amide bonds. The van der Waals surface area contributed by atoms with Crippen molar-refractivity contribution < 1.29 is 24.1 Å². The summed E-state index contributed by atoms with van der Waals surface area (Å²) < 4.78 is 24.3. The summed E-state index contributed by atoms with van der Waals surface area (Å²) in [6.07, 6.45) is 4.32. The van der Waals surface area contributed by atoms with E-state index in [0.717, 1.165) is 67.6 Å². The third-order valence-corrected chi connectivity index (χ3v) is 11.6. The van der Waals surface area contributed by atoms with Crippen molar-refractivity contribution >= 4 is 22.5 Å². The number of hydrogen-bond acceptors (Lipinski definition) is 7. The molecule has 61 heavy (non-hydrogen) atoms. The molecular weight excluding hydrogens is 757 g/mol. The van der Waals surface area contributed by atoms with Crippen LogP contribution < -0.4 is 29.6 Å². The van der Waals surface area contributed by atoms with Gasteiger partial charge in [0.15, 0.2) is 6.10 Å². The van der Waals surface area contributed by atoms with Crippen LogP contribution in [0.4, 0.5) is 11.4 Å². The molecule has 3 N–H and O–H groups in total. The van der Waals surface area contributed by atoms with E-state index in [4.69, 9.17) is 18.9 Å². The average Bonchev–Trinajstić information content (AvgIpc) is 3.22. The molecule has 7 heteroatoms. The van der Waals surface area contributed by atoms with Crippen LogP contribution in [0, 0.1) is 0 Å². The topological polar surface area (TPSA) is 81.2 Å². The van der Waals surface area contributed by atoms with Gasteiger partial charge in [-0.05, 0) is 100 Å². The van der Waals surface area contributed by atoms with Crippen LogP contribution in [0.15, 0.2) is 133 Å². The zero-order chi connectivity index (χ0) is 41.3. The number of rotatable bonds is 4. The van der Waals surface area contributed by atoms with Gasteiger partial charge in [-0.15, -0.1) is 0 Å². The van der Waals surface area contributed by atoms with Gasteiger partial charge in [-0.1, -0.05) is 112 Å². The number of benzene rings is 6. The smallest absolute Gasteiger partial charge is 0.263 e. The van der Waals surface area contributed by atoms with Gasteiger partial charge in [0.25, 0.3) is 5.79 Å². The molecule has 0 fully saturated rings. The lowest BCUT2D eigenvalue weighted by atomic mass is 9.78. The Morgan fingerprint density at radius 2 is 1.07 bits per heavy atom. The minimum Gasteiger partial charge on any atom is -0.496 e. The Labute approximate surface area is 361 Å². The van der Waals surface area contributed by atoms with Gasteiger partial charge in [0.1, 0.15) is 23.0 Å². The molecule has 0 saturated heterocycles. The van der Waals surface area contributed by atoms with E-state index in [-0.39, 0.29) is 32.0 Å². The number of aliphatic hydroxyl groups is 1. The van der Waals surface area contributed by atoms with Crippen LogP contribution in [0.5, 0.6) is 23.0 Å². The van der Waals surface area contributed by atoms with Crippen LogP contribution in [0.3, 0.4) is 0 Å². The Kier molecular flexibility index (Phi) is 11.1. The second-order valence-electron chi connectivity index (χ2n) is 16.9. The molecular formula is C54H58N2O5. The predicted octanol–water partition coefficient (Wildman–Crippen LogP) is 13.3. The fourth-order valence-corrected chi connectivity index (χ4v) is 9.51. The molecule has 0 aliphatic carbocycles. The Morgan fingerprint density at radius 3 is 1.66 bits per heavy atom. The van der Waals surface area contributed by atoms with Gasteiger partial charge >= 0.3 is 0 Å². The van der Waals surface area contributed by atoms with Crippen LogP contribution in [0.2, 0.25) is 0 Å². The summed E-state index contributed by atoms with van der Waals surface area (Å²) in [5, 5.41) is 19.4. The van der Waals surface area contributed by atoms with Crippen molar-refractivity contribution in [3.63, 3.8) is 0 Å². The van der Waals surface area contributed by atoms with Crippen molar-refractivity contribution in [1.82, 2.24) is 0 Å². The number of hydrogen-bond donors (Lipinski definition) is 3. The van der Waals surface area contributed by atoms with E-state index in [1.807, 2.05) is 78.9 Å². The van der Waals surface area contributed by atoms with Crippen molar-refractivity contribution in [3.8, 4) is 45.3 Å². The lowest BCUT2D eigenvalue weighted by molar-refractivity contribution is -0.110. The molecule has 10 rings (SSSR count). The molecule has 0 bridgehead atoms. The first-order valence-electron chi connectivity index (χ1n) is 20.2. The average molecular weight is 815 g/mol. The molecule has 4 heterocycles. The highest BCUT2D eigenvalue weighted by Gasteiger charge is 2.46. The summed E-state index contributed by atoms with van der Waals surface area (Å²) in [7, 11) is 3.37. The molecule has 0 saturated carbocycles. The molecule has 6 aromatic rings. The molecule has 0 radical (unpaired) electrons. The van der Waals surface area contributed by atoms with Crippen LogP contribution in [0.1, 0.15) is 95.9 Å².